The van der Waals surface area contributed by atoms with E-state index in [4.69, 9.17) is 0 Å². The van der Waals surface area contributed by atoms with E-state index in [-0.39, 0.29) is 12.1 Å². The van der Waals surface area contributed by atoms with Crippen LogP contribution in [0, 0.1) is 13.8 Å². The van der Waals surface area contributed by atoms with Crippen molar-refractivity contribution in [1.29, 1.82) is 0 Å². The third-order valence-corrected chi connectivity index (χ3v) is 5.62. The normalized spacial score (nSPS) is 20.1. The Morgan fingerprint density at radius 1 is 1.19 bits per heavy atom. The summed E-state index contributed by atoms with van der Waals surface area (Å²) in [7, 11) is 0. The fourth-order valence-electron chi connectivity index (χ4n) is 4.30. The summed E-state index contributed by atoms with van der Waals surface area (Å²) in [5.74, 6) is 1.89. The number of aryl methyl sites for hydroxylation is 3. The summed E-state index contributed by atoms with van der Waals surface area (Å²) in [5.41, 5.74) is 3.22. The van der Waals surface area contributed by atoms with Gasteiger partial charge in [-0.3, -0.25) is 5.10 Å². The molecule has 2 aromatic rings. The number of hydrogen-bond acceptors (Lipinski definition) is 4. The Kier molecular flexibility index (Phi) is 4.65. The van der Waals surface area contributed by atoms with Gasteiger partial charge in [0.2, 0.25) is 0 Å². The number of nitrogens with one attached hydrogen (secondary N) is 2. The van der Waals surface area contributed by atoms with Crippen molar-refractivity contribution in [2.75, 3.05) is 6.54 Å². The van der Waals surface area contributed by atoms with Crippen molar-refractivity contribution < 1.29 is 4.79 Å². The Morgan fingerprint density at radius 2 is 2.08 bits per heavy atom. The highest BCUT2D eigenvalue weighted by molar-refractivity contribution is 5.74. The molecule has 8 nitrogen and oxygen atoms in total. The highest BCUT2D eigenvalue weighted by Gasteiger charge is 2.30. The maximum Gasteiger partial charge on any atom is 0.318 e. The lowest BCUT2D eigenvalue weighted by atomic mass is 9.99. The fraction of sp³-hybridized carbons (Fsp3) is 0.667. The number of urea groups is 1. The highest BCUT2D eigenvalue weighted by Crippen LogP contribution is 2.33. The number of aromatic amines is 1. The van der Waals surface area contributed by atoms with Gasteiger partial charge in [-0.2, -0.15) is 5.10 Å². The van der Waals surface area contributed by atoms with Crippen molar-refractivity contribution in [2.24, 2.45) is 0 Å². The molecule has 1 fully saturated rings. The van der Waals surface area contributed by atoms with Gasteiger partial charge in [-0.15, -0.1) is 10.2 Å². The standard InChI is InChI=1S/C18H27N7O/c1-12-17(13(2)21-20-12)14-7-4-3-5-9-24(14)18(26)19-11-16-23-22-15-8-6-10-25(15)16/h14H,3-11H2,1-2H3,(H,19,26)(H,20,21). The van der Waals surface area contributed by atoms with Crippen LogP contribution in [0.15, 0.2) is 0 Å². The Labute approximate surface area is 153 Å². The fourth-order valence-corrected chi connectivity index (χ4v) is 4.30. The third kappa shape index (κ3) is 3.08. The first-order chi connectivity index (χ1) is 12.6. The zero-order valence-electron chi connectivity index (χ0n) is 15.6. The minimum Gasteiger partial charge on any atom is -0.331 e. The molecule has 2 aliphatic heterocycles. The lowest BCUT2D eigenvalue weighted by Gasteiger charge is -2.30. The Morgan fingerprint density at radius 3 is 2.88 bits per heavy atom. The van der Waals surface area contributed by atoms with Crippen molar-refractivity contribution in [3.8, 4) is 0 Å². The van der Waals surface area contributed by atoms with Crippen LogP contribution in [0.3, 0.4) is 0 Å². The molecule has 1 unspecified atom stereocenters. The molecule has 26 heavy (non-hydrogen) atoms. The van der Waals surface area contributed by atoms with Gasteiger partial charge in [0.15, 0.2) is 5.82 Å². The number of rotatable bonds is 3. The van der Waals surface area contributed by atoms with Crippen LogP contribution in [-0.4, -0.2) is 42.4 Å². The van der Waals surface area contributed by atoms with Gasteiger partial charge < -0.3 is 14.8 Å². The molecule has 1 saturated heterocycles. The highest BCUT2D eigenvalue weighted by atomic mass is 16.2. The molecular formula is C18H27N7O. The van der Waals surface area contributed by atoms with Crippen molar-refractivity contribution in [3.05, 3.63) is 28.6 Å². The van der Waals surface area contributed by atoms with E-state index in [0.717, 1.165) is 74.7 Å². The number of aromatic nitrogens is 5. The van der Waals surface area contributed by atoms with Crippen LogP contribution in [0.5, 0.6) is 0 Å². The van der Waals surface area contributed by atoms with E-state index < -0.39 is 0 Å². The van der Waals surface area contributed by atoms with Crippen molar-refractivity contribution >= 4 is 6.03 Å². The number of H-pyrrole nitrogens is 1. The molecule has 0 aliphatic carbocycles. The molecule has 4 heterocycles. The summed E-state index contributed by atoms with van der Waals surface area (Å²) < 4.78 is 2.13. The van der Waals surface area contributed by atoms with Gasteiger partial charge in [0, 0.05) is 30.8 Å². The summed E-state index contributed by atoms with van der Waals surface area (Å²) in [5, 5.41) is 18.9. The average molecular weight is 357 g/mol. The molecule has 4 rings (SSSR count). The average Bonchev–Trinajstić information content (AvgIpc) is 3.26. The number of carbonyl (C=O) groups is 1. The van der Waals surface area contributed by atoms with Gasteiger partial charge >= 0.3 is 6.03 Å². The number of likely N-dealkylation sites (tertiary alicyclic amines) is 1. The molecule has 140 valence electrons. The molecule has 0 bridgehead atoms. The van der Waals surface area contributed by atoms with Crippen LogP contribution in [0.2, 0.25) is 0 Å². The van der Waals surface area contributed by atoms with Gasteiger partial charge in [-0.05, 0) is 33.1 Å². The van der Waals surface area contributed by atoms with Gasteiger partial charge in [0.05, 0.1) is 18.3 Å². The molecule has 8 heteroatoms. The SMILES string of the molecule is Cc1n[nH]c(C)c1C1CCCCCN1C(=O)NCc1nnc2n1CCC2. The van der Waals surface area contributed by atoms with E-state index >= 15 is 0 Å². The number of fused-ring (bicyclic) bond motifs is 1. The van der Waals surface area contributed by atoms with Gasteiger partial charge in [0.1, 0.15) is 5.82 Å². The Bertz CT molecular complexity index is 774. The van der Waals surface area contributed by atoms with Crippen LogP contribution in [0.1, 0.15) is 66.7 Å². The molecule has 0 spiro atoms. The zero-order valence-corrected chi connectivity index (χ0v) is 15.6. The topological polar surface area (TPSA) is 91.7 Å². The van der Waals surface area contributed by atoms with E-state index in [1.165, 1.54) is 5.56 Å². The minimum atomic E-state index is -0.0211. The molecule has 1 atom stereocenters. The molecule has 0 radical (unpaired) electrons. The zero-order chi connectivity index (χ0) is 18.1. The van der Waals surface area contributed by atoms with Crippen LogP contribution in [-0.2, 0) is 19.5 Å². The minimum absolute atomic E-state index is 0.0211. The molecule has 2 aromatic heterocycles. The number of amides is 2. The maximum atomic E-state index is 13.0. The molecule has 2 aliphatic rings. The van der Waals surface area contributed by atoms with Crippen molar-refractivity contribution in [2.45, 2.75) is 71.5 Å². The van der Waals surface area contributed by atoms with E-state index in [1.807, 2.05) is 18.7 Å². The molecule has 2 amide bonds. The van der Waals surface area contributed by atoms with E-state index in [1.54, 1.807) is 0 Å². The number of nitrogens with zero attached hydrogens (tertiary/aromatic N) is 5. The lowest BCUT2D eigenvalue weighted by molar-refractivity contribution is 0.174. The Balaban J connectivity index is 1.50. The number of carbonyl (C=O) groups excluding carboxylic acids is 1. The first kappa shape index (κ1) is 17.1. The summed E-state index contributed by atoms with van der Waals surface area (Å²) in [6.07, 6.45) is 6.41. The molecule has 0 saturated carbocycles. The van der Waals surface area contributed by atoms with E-state index in [0.29, 0.717) is 6.54 Å². The van der Waals surface area contributed by atoms with Gasteiger partial charge in [-0.25, -0.2) is 4.79 Å². The molecule has 0 aromatic carbocycles. The molecular weight excluding hydrogens is 330 g/mol. The third-order valence-electron chi connectivity index (χ3n) is 5.62. The number of hydrogen-bond donors (Lipinski definition) is 2. The predicted octanol–water partition coefficient (Wildman–Crippen LogP) is 2.39. The predicted molar refractivity (Wildman–Crippen MR) is 96.6 cm³/mol. The second-order valence-electron chi connectivity index (χ2n) is 7.35. The largest absolute Gasteiger partial charge is 0.331 e. The summed E-state index contributed by atoms with van der Waals surface area (Å²) in [6.45, 7) is 6.21. The Hall–Kier alpha value is -2.38. The van der Waals surface area contributed by atoms with Crippen molar-refractivity contribution in [1.82, 2.24) is 35.2 Å². The summed E-state index contributed by atoms with van der Waals surface area (Å²) >= 11 is 0. The van der Waals surface area contributed by atoms with Crippen LogP contribution in [0.4, 0.5) is 4.79 Å². The van der Waals surface area contributed by atoms with E-state index in [2.05, 4.69) is 30.3 Å². The van der Waals surface area contributed by atoms with Crippen molar-refractivity contribution in [3.63, 3.8) is 0 Å². The van der Waals surface area contributed by atoms with Gasteiger partial charge in [-0.1, -0.05) is 12.8 Å². The summed E-state index contributed by atoms with van der Waals surface area (Å²) in [6, 6.07) is 0.0626. The lowest BCUT2D eigenvalue weighted by Crippen LogP contribution is -2.42. The maximum absolute atomic E-state index is 13.0. The first-order valence-electron chi connectivity index (χ1n) is 9.62. The van der Waals surface area contributed by atoms with E-state index in [9.17, 15) is 4.79 Å². The summed E-state index contributed by atoms with van der Waals surface area (Å²) in [4.78, 5) is 15.0. The quantitative estimate of drug-likeness (QED) is 0.882. The monoisotopic (exact) mass is 357 g/mol. The second kappa shape index (κ2) is 7.09. The van der Waals surface area contributed by atoms with Crippen LogP contribution in [0.25, 0.3) is 0 Å². The smallest absolute Gasteiger partial charge is 0.318 e. The van der Waals surface area contributed by atoms with Crippen LogP contribution < -0.4 is 5.32 Å². The second-order valence-corrected chi connectivity index (χ2v) is 7.35. The van der Waals surface area contributed by atoms with Crippen LogP contribution >= 0.6 is 0 Å². The first-order valence-corrected chi connectivity index (χ1v) is 9.62. The van der Waals surface area contributed by atoms with Gasteiger partial charge in [0.25, 0.3) is 0 Å². The molecule has 2 N–H and O–H groups in total.